The zero-order valence-electron chi connectivity index (χ0n) is 16.3. The molecule has 0 atom stereocenters. The molecule has 0 bridgehead atoms. The Morgan fingerprint density at radius 2 is 1.79 bits per heavy atom. The predicted octanol–water partition coefficient (Wildman–Crippen LogP) is 1.04. The molecule has 2 aromatic rings. The molecule has 6 nitrogen and oxygen atoms in total. The lowest BCUT2D eigenvalue weighted by molar-refractivity contribution is -0.126. The first kappa shape index (κ1) is 18.4. The van der Waals surface area contributed by atoms with Crippen LogP contribution in [0.1, 0.15) is 19.4 Å². The van der Waals surface area contributed by atoms with E-state index in [0.29, 0.717) is 18.0 Å². The van der Waals surface area contributed by atoms with Crippen molar-refractivity contribution in [2.24, 2.45) is 0 Å². The molecule has 1 N–H and O–H groups in total. The minimum Gasteiger partial charge on any atom is -0.454 e. The number of amides is 1. The Morgan fingerprint density at radius 1 is 1.07 bits per heavy atom. The van der Waals surface area contributed by atoms with Crippen molar-refractivity contribution in [2.45, 2.75) is 13.8 Å². The molecule has 0 aromatic heterocycles. The molecular formula is C22H25N3O3. The van der Waals surface area contributed by atoms with Crippen molar-refractivity contribution in [2.75, 3.05) is 33.0 Å². The number of fused-ring (bicyclic) bond motifs is 2. The van der Waals surface area contributed by atoms with Crippen LogP contribution in [0.15, 0.2) is 42.5 Å². The highest BCUT2D eigenvalue weighted by molar-refractivity contribution is 6.05. The minimum absolute atomic E-state index is 0.0711. The zero-order valence-corrected chi connectivity index (χ0v) is 16.3. The summed E-state index contributed by atoms with van der Waals surface area (Å²) < 4.78 is 11.1. The second kappa shape index (κ2) is 7.94. The third kappa shape index (κ3) is 3.55. The molecular weight excluding hydrogens is 354 g/mol. The van der Waals surface area contributed by atoms with Gasteiger partial charge in [-0.1, -0.05) is 44.2 Å². The van der Waals surface area contributed by atoms with Crippen molar-refractivity contribution in [1.82, 2.24) is 15.3 Å². The molecule has 146 valence electrons. The number of rotatable bonds is 6. The summed E-state index contributed by atoms with van der Waals surface area (Å²) in [5.74, 6) is 1.30. The van der Waals surface area contributed by atoms with Gasteiger partial charge in [-0.2, -0.15) is 0 Å². The molecule has 0 spiro atoms. The highest BCUT2D eigenvalue weighted by atomic mass is 16.7. The molecule has 2 aliphatic rings. The van der Waals surface area contributed by atoms with E-state index in [1.807, 2.05) is 42.5 Å². The normalized spacial score (nSPS) is 15.2. The standard InChI is InChI=1S/C22H25N3O3/c1-3-24(4-2)10-11-25-21(26)13-17-12-19-20(28-15-27-19)14-18(17)22(23-25)16-8-6-5-7-9-16/h5-9,12-14,23H,3-4,10-11,15H2,1-2H3. The molecule has 2 aromatic carbocycles. The van der Waals surface area contributed by atoms with Crippen LogP contribution in [-0.2, 0) is 4.79 Å². The fraction of sp³-hybridized carbons (Fsp3) is 0.318. The molecule has 1 amide bonds. The van der Waals surface area contributed by atoms with Gasteiger partial charge in [-0.15, -0.1) is 0 Å². The smallest absolute Gasteiger partial charge is 0.265 e. The van der Waals surface area contributed by atoms with Crippen LogP contribution in [0.4, 0.5) is 0 Å². The number of carbonyl (C=O) groups excluding carboxylic acids is 1. The average Bonchev–Trinajstić information content (AvgIpc) is 3.13. The maximum absolute atomic E-state index is 12.9. The van der Waals surface area contributed by atoms with Crippen molar-refractivity contribution in [1.29, 1.82) is 0 Å². The Labute approximate surface area is 164 Å². The van der Waals surface area contributed by atoms with E-state index in [9.17, 15) is 4.79 Å². The molecule has 0 aliphatic carbocycles. The number of ether oxygens (including phenoxy) is 2. The molecule has 6 heteroatoms. The van der Waals surface area contributed by atoms with Gasteiger partial charge in [0.1, 0.15) is 0 Å². The van der Waals surface area contributed by atoms with E-state index < -0.39 is 0 Å². The maximum Gasteiger partial charge on any atom is 0.265 e. The van der Waals surface area contributed by atoms with Gasteiger partial charge in [0.2, 0.25) is 6.79 Å². The van der Waals surface area contributed by atoms with E-state index in [1.165, 1.54) is 0 Å². The highest BCUT2D eigenvalue weighted by Gasteiger charge is 2.21. The number of likely N-dealkylation sites (N-methyl/N-ethyl adjacent to an activating group) is 1. The van der Waals surface area contributed by atoms with Gasteiger partial charge in [-0.3, -0.25) is 15.2 Å². The van der Waals surface area contributed by atoms with Crippen molar-refractivity contribution >= 4 is 17.7 Å². The zero-order chi connectivity index (χ0) is 19.5. The molecule has 2 aliphatic heterocycles. The van der Waals surface area contributed by atoms with Crippen LogP contribution in [0.5, 0.6) is 11.5 Å². The monoisotopic (exact) mass is 379 g/mol. The molecule has 4 rings (SSSR count). The lowest BCUT2D eigenvalue weighted by Gasteiger charge is -2.27. The summed E-state index contributed by atoms with van der Waals surface area (Å²) in [7, 11) is 0. The van der Waals surface area contributed by atoms with E-state index in [2.05, 4.69) is 24.2 Å². The van der Waals surface area contributed by atoms with Crippen LogP contribution in [0.2, 0.25) is 0 Å². The summed E-state index contributed by atoms with van der Waals surface area (Å²) in [5, 5.41) is 3.44. The van der Waals surface area contributed by atoms with Gasteiger partial charge in [0, 0.05) is 23.4 Å². The second-order valence-corrected chi connectivity index (χ2v) is 6.81. The summed E-state index contributed by atoms with van der Waals surface area (Å²) in [6, 6.07) is 13.9. The van der Waals surface area contributed by atoms with Crippen LogP contribution in [0.25, 0.3) is 11.8 Å². The van der Waals surface area contributed by atoms with Gasteiger partial charge in [0.05, 0.1) is 12.2 Å². The van der Waals surface area contributed by atoms with Crippen LogP contribution in [-0.4, -0.2) is 48.8 Å². The number of carbonyl (C=O) groups is 1. The van der Waals surface area contributed by atoms with Crippen LogP contribution < -0.4 is 25.3 Å². The fourth-order valence-corrected chi connectivity index (χ4v) is 3.53. The van der Waals surface area contributed by atoms with Gasteiger partial charge < -0.3 is 14.4 Å². The Morgan fingerprint density at radius 3 is 2.50 bits per heavy atom. The lowest BCUT2D eigenvalue weighted by atomic mass is 10.1. The largest absolute Gasteiger partial charge is 0.454 e. The van der Waals surface area contributed by atoms with Gasteiger partial charge in [0.15, 0.2) is 11.5 Å². The molecule has 0 unspecified atom stereocenters. The van der Waals surface area contributed by atoms with Gasteiger partial charge in [0.25, 0.3) is 5.91 Å². The summed E-state index contributed by atoms with van der Waals surface area (Å²) in [6.07, 6.45) is 1.67. The first-order valence-electron chi connectivity index (χ1n) is 9.71. The lowest BCUT2D eigenvalue weighted by Crippen LogP contribution is -2.45. The van der Waals surface area contributed by atoms with E-state index in [4.69, 9.17) is 9.47 Å². The average molecular weight is 379 g/mol. The Balaban J connectivity index is 1.80. The van der Waals surface area contributed by atoms with Crippen molar-refractivity contribution in [3.05, 3.63) is 58.5 Å². The number of nitrogens with zero attached hydrogens (tertiary/aromatic N) is 2. The van der Waals surface area contributed by atoms with E-state index in [0.717, 1.165) is 41.3 Å². The Kier molecular flexibility index (Phi) is 5.21. The summed E-state index contributed by atoms with van der Waals surface area (Å²) in [5.41, 5.74) is 5.28. The van der Waals surface area contributed by atoms with Gasteiger partial charge in [-0.05, 0) is 30.4 Å². The quantitative estimate of drug-likeness (QED) is 0.813. The molecule has 28 heavy (non-hydrogen) atoms. The van der Waals surface area contributed by atoms with Crippen molar-refractivity contribution in [3.63, 3.8) is 0 Å². The third-order valence-corrected chi connectivity index (χ3v) is 5.20. The van der Waals surface area contributed by atoms with E-state index in [-0.39, 0.29) is 12.7 Å². The number of hydrogen-bond donors (Lipinski definition) is 1. The Bertz CT molecular complexity index is 984. The van der Waals surface area contributed by atoms with E-state index in [1.54, 1.807) is 11.1 Å². The number of hydrogen-bond acceptors (Lipinski definition) is 5. The minimum atomic E-state index is -0.0711. The van der Waals surface area contributed by atoms with Gasteiger partial charge >= 0.3 is 0 Å². The molecule has 0 fully saturated rings. The van der Waals surface area contributed by atoms with Crippen molar-refractivity contribution in [3.8, 4) is 11.5 Å². The van der Waals surface area contributed by atoms with Crippen LogP contribution in [0, 0.1) is 0 Å². The first-order chi connectivity index (χ1) is 13.7. The summed E-state index contributed by atoms with van der Waals surface area (Å²) >= 11 is 0. The molecule has 2 heterocycles. The molecule has 0 saturated heterocycles. The molecule has 0 saturated carbocycles. The summed E-state index contributed by atoms with van der Waals surface area (Å²) in [4.78, 5) is 15.2. The van der Waals surface area contributed by atoms with Crippen molar-refractivity contribution < 1.29 is 14.3 Å². The van der Waals surface area contributed by atoms with Crippen LogP contribution in [0.3, 0.4) is 0 Å². The third-order valence-electron chi connectivity index (χ3n) is 5.20. The SMILES string of the molecule is CCN(CC)CCN1NC(c2ccccc2)=c2cc3c(cc2=CC1=O)OCO3. The van der Waals surface area contributed by atoms with Gasteiger partial charge in [-0.25, -0.2) is 0 Å². The number of benzene rings is 2. The molecule has 0 radical (unpaired) electrons. The summed E-state index contributed by atoms with van der Waals surface area (Å²) in [6.45, 7) is 7.78. The second-order valence-electron chi connectivity index (χ2n) is 6.81. The fourth-order valence-electron chi connectivity index (χ4n) is 3.53. The maximum atomic E-state index is 12.9. The Hall–Kier alpha value is -2.99. The first-order valence-corrected chi connectivity index (χ1v) is 9.71. The van der Waals surface area contributed by atoms with E-state index >= 15 is 0 Å². The number of hydrazine groups is 1. The predicted molar refractivity (Wildman–Crippen MR) is 108 cm³/mol. The topological polar surface area (TPSA) is 54.0 Å². The number of nitrogens with one attached hydrogen (secondary N) is 1. The van der Waals surface area contributed by atoms with Crippen LogP contribution >= 0.6 is 0 Å². The highest BCUT2D eigenvalue weighted by Crippen LogP contribution is 2.28.